The Kier molecular flexibility index (Phi) is 5.87. The van der Waals surface area contributed by atoms with E-state index < -0.39 is 17.5 Å². The Morgan fingerprint density at radius 3 is 2.61 bits per heavy atom. The molecule has 0 saturated carbocycles. The third-order valence-electron chi connectivity index (χ3n) is 4.05. The van der Waals surface area contributed by atoms with Crippen LogP contribution < -0.4 is 10.9 Å². The molecule has 2 heterocycles. The first kappa shape index (κ1) is 19.7. The lowest BCUT2D eigenvalue weighted by Crippen LogP contribution is -2.39. The number of benzene rings is 1. The van der Waals surface area contributed by atoms with E-state index in [4.69, 9.17) is 11.6 Å². The zero-order valence-electron chi connectivity index (χ0n) is 15.4. The van der Waals surface area contributed by atoms with Crippen LogP contribution in [-0.4, -0.2) is 38.4 Å². The van der Waals surface area contributed by atoms with Crippen molar-refractivity contribution in [3.63, 3.8) is 0 Å². The molecule has 0 bridgehead atoms. The minimum absolute atomic E-state index is 0.0817. The number of amides is 1. The van der Waals surface area contributed by atoms with Crippen molar-refractivity contribution >= 4 is 17.5 Å². The minimum Gasteiger partial charge on any atom is -0.394 e. The molecule has 1 atom stereocenters. The van der Waals surface area contributed by atoms with Crippen LogP contribution in [0, 0.1) is 6.92 Å². The molecule has 0 saturated heterocycles. The second kappa shape index (κ2) is 8.33. The van der Waals surface area contributed by atoms with Crippen LogP contribution in [0.25, 0.3) is 16.9 Å². The number of carbonyl (C=O) groups excluding carboxylic acids is 1. The summed E-state index contributed by atoms with van der Waals surface area (Å²) in [6.45, 7) is 3.25. The fourth-order valence-electron chi connectivity index (χ4n) is 2.60. The SMILES string of the molecule is Cc1cncc(-n2nc(-c3ccc(Cl)cc3)cc(C(=O)N[C@@H](C)CO)c2=O)c1. The van der Waals surface area contributed by atoms with Crippen LogP contribution in [0.15, 0.2) is 53.6 Å². The largest absolute Gasteiger partial charge is 0.394 e. The molecule has 0 aliphatic heterocycles. The fraction of sp³-hybridized carbons (Fsp3) is 0.200. The highest BCUT2D eigenvalue weighted by molar-refractivity contribution is 6.30. The van der Waals surface area contributed by atoms with Crippen LogP contribution in [0.1, 0.15) is 22.8 Å². The van der Waals surface area contributed by atoms with Gasteiger partial charge < -0.3 is 10.4 Å². The van der Waals surface area contributed by atoms with Gasteiger partial charge in [-0.15, -0.1) is 0 Å². The van der Waals surface area contributed by atoms with Crippen molar-refractivity contribution < 1.29 is 9.90 Å². The summed E-state index contributed by atoms with van der Waals surface area (Å²) < 4.78 is 1.16. The number of nitrogens with one attached hydrogen (secondary N) is 1. The second-order valence-corrected chi connectivity index (χ2v) is 6.88. The van der Waals surface area contributed by atoms with Gasteiger partial charge in [0.1, 0.15) is 5.56 Å². The number of aryl methyl sites for hydroxylation is 1. The van der Waals surface area contributed by atoms with Crippen LogP contribution in [0.2, 0.25) is 5.02 Å². The summed E-state index contributed by atoms with van der Waals surface area (Å²) in [6, 6.07) is 9.62. The zero-order chi connectivity index (χ0) is 20.3. The van der Waals surface area contributed by atoms with E-state index in [2.05, 4.69) is 15.4 Å². The lowest BCUT2D eigenvalue weighted by atomic mass is 10.1. The van der Waals surface area contributed by atoms with E-state index in [0.717, 1.165) is 10.2 Å². The topological polar surface area (TPSA) is 97.1 Å². The summed E-state index contributed by atoms with van der Waals surface area (Å²) >= 11 is 5.95. The first-order valence-corrected chi connectivity index (χ1v) is 9.01. The molecular formula is C20H19ClN4O3. The molecule has 7 nitrogen and oxygen atoms in total. The van der Waals surface area contributed by atoms with Crippen LogP contribution in [0.5, 0.6) is 0 Å². The Balaban J connectivity index is 2.19. The maximum atomic E-state index is 13.0. The van der Waals surface area contributed by atoms with Gasteiger partial charge >= 0.3 is 0 Å². The van der Waals surface area contributed by atoms with Crippen molar-refractivity contribution in [2.75, 3.05) is 6.61 Å². The van der Waals surface area contributed by atoms with Gasteiger partial charge in [-0.1, -0.05) is 23.7 Å². The number of carbonyl (C=O) groups is 1. The van der Waals surface area contributed by atoms with Crippen molar-refractivity contribution in [2.45, 2.75) is 19.9 Å². The molecule has 1 amide bonds. The number of rotatable bonds is 5. The molecule has 0 aliphatic rings. The second-order valence-electron chi connectivity index (χ2n) is 6.44. The predicted molar refractivity (Wildman–Crippen MR) is 107 cm³/mol. The van der Waals surface area contributed by atoms with Gasteiger partial charge in [0, 0.05) is 22.8 Å². The number of hydrogen-bond acceptors (Lipinski definition) is 5. The summed E-state index contributed by atoms with van der Waals surface area (Å²) in [6.07, 6.45) is 3.17. The van der Waals surface area contributed by atoms with Gasteiger partial charge in [0.05, 0.1) is 24.2 Å². The number of aromatic nitrogens is 3. The van der Waals surface area contributed by atoms with Crippen LogP contribution in [-0.2, 0) is 0 Å². The van der Waals surface area contributed by atoms with E-state index >= 15 is 0 Å². The lowest BCUT2D eigenvalue weighted by Gasteiger charge is -2.13. The van der Waals surface area contributed by atoms with Crippen molar-refractivity contribution in [2.24, 2.45) is 0 Å². The van der Waals surface area contributed by atoms with Gasteiger partial charge in [0.2, 0.25) is 0 Å². The van der Waals surface area contributed by atoms with Crippen LogP contribution in [0.3, 0.4) is 0 Å². The summed E-state index contributed by atoms with van der Waals surface area (Å²) in [4.78, 5) is 29.7. The molecule has 28 heavy (non-hydrogen) atoms. The van der Waals surface area contributed by atoms with Crippen molar-refractivity contribution in [3.05, 3.63) is 75.3 Å². The highest BCUT2D eigenvalue weighted by Crippen LogP contribution is 2.20. The molecule has 0 unspecified atom stereocenters. The Hall–Kier alpha value is -3.03. The number of aliphatic hydroxyl groups is 1. The molecule has 0 fully saturated rings. The van der Waals surface area contributed by atoms with E-state index in [0.29, 0.717) is 22.0 Å². The van der Waals surface area contributed by atoms with E-state index in [-0.39, 0.29) is 12.2 Å². The Morgan fingerprint density at radius 2 is 1.96 bits per heavy atom. The zero-order valence-corrected chi connectivity index (χ0v) is 16.1. The van der Waals surface area contributed by atoms with Crippen LogP contribution in [0.4, 0.5) is 0 Å². The van der Waals surface area contributed by atoms with Crippen molar-refractivity contribution in [1.82, 2.24) is 20.1 Å². The monoisotopic (exact) mass is 398 g/mol. The van der Waals surface area contributed by atoms with Crippen LogP contribution >= 0.6 is 11.6 Å². The Labute approximate surface area is 166 Å². The molecule has 2 aromatic heterocycles. The van der Waals surface area contributed by atoms with E-state index in [1.807, 2.05) is 6.92 Å². The third kappa shape index (κ3) is 4.27. The quantitative estimate of drug-likeness (QED) is 0.687. The number of halogens is 1. The van der Waals surface area contributed by atoms with Gasteiger partial charge in [-0.25, -0.2) is 0 Å². The molecular weight excluding hydrogens is 380 g/mol. The normalized spacial score (nSPS) is 11.9. The van der Waals surface area contributed by atoms with Crippen molar-refractivity contribution in [1.29, 1.82) is 0 Å². The van der Waals surface area contributed by atoms with Gasteiger partial charge in [-0.2, -0.15) is 9.78 Å². The minimum atomic E-state index is -0.585. The smallest absolute Gasteiger partial charge is 0.284 e. The average molecular weight is 399 g/mol. The molecule has 0 aliphatic carbocycles. The van der Waals surface area contributed by atoms with Gasteiger partial charge in [0.15, 0.2) is 0 Å². The molecule has 8 heteroatoms. The van der Waals surface area contributed by atoms with Gasteiger partial charge in [0.25, 0.3) is 11.5 Å². The molecule has 3 aromatic rings. The predicted octanol–water partition coefficient (Wildman–Crippen LogP) is 2.37. The third-order valence-corrected chi connectivity index (χ3v) is 4.30. The molecule has 3 rings (SSSR count). The van der Waals surface area contributed by atoms with E-state index in [9.17, 15) is 14.7 Å². The van der Waals surface area contributed by atoms with Gasteiger partial charge in [-0.3, -0.25) is 14.6 Å². The maximum absolute atomic E-state index is 13.0. The standard InChI is InChI=1S/C20H19ClN4O3/c1-12-7-16(10-22-9-12)25-20(28)17(19(27)23-13(2)11-26)8-18(24-25)14-3-5-15(21)6-4-14/h3-10,13,26H,11H2,1-2H3,(H,23,27)/t13-/m0/s1. The molecule has 0 spiro atoms. The van der Waals surface area contributed by atoms with Crippen molar-refractivity contribution in [3.8, 4) is 16.9 Å². The summed E-state index contributed by atoms with van der Waals surface area (Å²) in [5.74, 6) is -0.585. The Bertz CT molecular complexity index is 1060. The summed E-state index contributed by atoms with van der Waals surface area (Å²) in [5.41, 5.74) is 1.77. The lowest BCUT2D eigenvalue weighted by molar-refractivity contribution is 0.0920. The maximum Gasteiger partial charge on any atom is 0.284 e. The van der Waals surface area contributed by atoms with E-state index in [1.54, 1.807) is 43.5 Å². The first-order valence-electron chi connectivity index (χ1n) is 8.63. The molecule has 1 aromatic carbocycles. The number of pyridine rings is 1. The number of nitrogens with zero attached hydrogens (tertiary/aromatic N) is 3. The number of hydrogen-bond donors (Lipinski definition) is 2. The van der Waals surface area contributed by atoms with E-state index in [1.165, 1.54) is 12.3 Å². The summed E-state index contributed by atoms with van der Waals surface area (Å²) in [7, 11) is 0. The number of aliphatic hydroxyl groups excluding tert-OH is 1. The molecule has 2 N–H and O–H groups in total. The molecule has 0 radical (unpaired) electrons. The highest BCUT2D eigenvalue weighted by atomic mass is 35.5. The van der Waals surface area contributed by atoms with Gasteiger partial charge in [-0.05, 0) is 43.7 Å². The average Bonchev–Trinajstić information content (AvgIpc) is 2.68. The molecule has 144 valence electrons. The fourth-order valence-corrected chi connectivity index (χ4v) is 2.72. The Morgan fingerprint density at radius 1 is 1.25 bits per heavy atom. The summed E-state index contributed by atoms with van der Waals surface area (Å²) in [5, 5.41) is 16.8. The first-order chi connectivity index (χ1) is 13.4. The highest BCUT2D eigenvalue weighted by Gasteiger charge is 2.19.